The fourth-order valence-electron chi connectivity index (χ4n) is 2.47. The Balaban J connectivity index is 2.75. The van der Waals surface area contributed by atoms with Gasteiger partial charge in [-0.15, -0.1) is 0 Å². The van der Waals surface area contributed by atoms with Crippen molar-refractivity contribution in [2.75, 3.05) is 0 Å². The van der Waals surface area contributed by atoms with E-state index < -0.39 is 72.6 Å². The predicted molar refractivity (Wildman–Crippen MR) is 105 cm³/mol. The third-order valence-corrected chi connectivity index (χ3v) is 4.12. The van der Waals surface area contributed by atoms with Crippen molar-refractivity contribution in [1.29, 1.82) is 0 Å². The molecule has 0 spiro atoms. The van der Waals surface area contributed by atoms with Gasteiger partial charge in [-0.25, -0.2) is 9.78 Å². The van der Waals surface area contributed by atoms with Crippen LogP contribution in [-0.2, 0) is 35.2 Å². The van der Waals surface area contributed by atoms with Gasteiger partial charge in [0.25, 0.3) is 0 Å². The first-order valence-electron chi connectivity index (χ1n) is 9.27. The molecule has 1 aromatic rings. The molecule has 0 aliphatic carbocycles. The lowest BCUT2D eigenvalue weighted by Crippen LogP contribution is -2.57. The fourth-order valence-corrected chi connectivity index (χ4v) is 2.47. The lowest BCUT2D eigenvalue weighted by molar-refractivity contribution is -0.147. The first-order chi connectivity index (χ1) is 14.9. The number of nitrogens with one attached hydrogen (secondary N) is 4. The molecule has 0 aliphatic rings. The monoisotopic (exact) mass is 455 g/mol. The standard InChI is InChI=1S/C17H25N7O8/c1-7(22-15(29)9(18)2-8-5-20-6-21-8)14(28)23-10(3-12(19)25)16(30)24-11(17(31)32)4-13(26)27/h5-7,9-11H,2-4,18H2,1H3,(H2,19,25)(H,20,21)(H,22,29)(H,23,28)(H,24,30)(H,26,27)(H,31,32). The Morgan fingerprint density at radius 2 is 1.62 bits per heavy atom. The first-order valence-corrected chi connectivity index (χ1v) is 9.27. The Morgan fingerprint density at radius 1 is 1.00 bits per heavy atom. The molecule has 0 aliphatic heterocycles. The minimum Gasteiger partial charge on any atom is -0.481 e. The Labute approximate surface area is 181 Å². The van der Waals surface area contributed by atoms with Gasteiger partial charge in [-0.3, -0.25) is 24.0 Å². The zero-order chi connectivity index (χ0) is 24.4. The molecule has 4 unspecified atom stereocenters. The SMILES string of the molecule is CC(NC(=O)C(N)Cc1cnc[nH]1)C(=O)NC(CC(N)=O)C(=O)NC(CC(=O)O)C(=O)O. The number of imidazole rings is 1. The van der Waals surface area contributed by atoms with E-state index in [1.54, 1.807) is 0 Å². The van der Waals surface area contributed by atoms with E-state index in [2.05, 4.69) is 20.6 Å². The average molecular weight is 455 g/mol. The lowest BCUT2D eigenvalue weighted by Gasteiger charge is -2.22. The summed E-state index contributed by atoms with van der Waals surface area (Å²) in [5.41, 5.74) is 11.4. The highest BCUT2D eigenvalue weighted by molar-refractivity contribution is 5.96. The molecular weight excluding hydrogens is 430 g/mol. The van der Waals surface area contributed by atoms with Gasteiger partial charge in [0.1, 0.15) is 18.1 Å². The number of carboxylic acid groups (broad SMARTS) is 2. The van der Waals surface area contributed by atoms with Gasteiger partial charge in [0.2, 0.25) is 23.6 Å². The second-order valence-electron chi connectivity index (χ2n) is 6.85. The number of aromatic amines is 1. The van der Waals surface area contributed by atoms with Crippen LogP contribution < -0.4 is 27.4 Å². The third-order valence-electron chi connectivity index (χ3n) is 4.12. The molecule has 1 rings (SSSR count). The number of amides is 4. The van der Waals surface area contributed by atoms with E-state index in [9.17, 15) is 28.8 Å². The van der Waals surface area contributed by atoms with Crippen LogP contribution in [0, 0.1) is 0 Å². The summed E-state index contributed by atoms with van der Waals surface area (Å²) >= 11 is 0. The summed E-state index contributed by atoms with van der Waals surface area (Å²) in [4.78, 5) is 76.6. The fraction of sp³-hybridized carbons (Fsp3) is 0.471. The lowest BCUT2D eigenvalue weighted by atomic mass is 10.1. The van der Waals surface area contributed by atoms with E-state index in [-0.39, 0.29) is 6.42 Å². The van der Waals surface area contributed by atoms with Gasteiger partial charge in [-0.2, -0.15) is 0 Å². The van der Waals surface area contributed by atoms with Gasteiger partial charge in [0, 0.05) is 18.3 Å². The molecule has 1 aromatic heterocycles. The highest BCUT2D eigenvalue weighted by atomic mass is 16.4. The highest BCUT2D eigenvalue weighted by Crippen LogP contribution is 2.00. The molecule has 15 nitrogen and oxygen atoms in total. The van der Waals surface area contributed by atoms with Crippen molar-refractivity contribution in [2.45, 2.75) is 50.4 Å². The van der Waals surface area contributed by atoms with Crippen molar-refractivity contribution >= 4 is 35.6 Å². The summed E-state index contributed by atoms with van der Waals surface area (Å²) in [5.74, 6) is -6.81. The number of nitrogens with zero attached hydrogens (tertiary/aromatic N) is 1. The van der Waals surface area contributed by atoms with E-state index in [0.29, 0.717) is 5.69 Å². The van der Waals surface area contributed by atoms with Crippen molar-refractivity contribution in [3.8, 4) is 0 Å². The predicted octanol–water partition coefficient (Wildman–Crippen LogP) is -3.81. The number of nitrogens with two attached hydrogens (primary N) is 2. The second kappa shape index (κ2) is 12.0. The average Bonchev–Trinajstić information content (AvgIpc) is 3.18. The first kappa shape index (κ1) is 26.0. The Kier molecular flexibility index (Phi) is 9.75. The van der Waals surface area contributed by atoms with Crippen molar-refractivity contribution in [3.63, 3.8) is 0 Å². The molecule has 0 saturated heterocycles. The van der Waals surface area contributed by atoms with E-state index in [1.165, 1.54) is 19.4 Å². The van der Waals surface area contributed by atoms with Gasteiger partial charge in [0.05, 0.1) is 25.2 Å². The van der Waals surface area contributed by atoms with Crippen LogP contribution in [0.15, 0.2) is 12.5 Å². The molecule has 10 N–H and O–H groups in total. The molecule has 0 fully saturated rings. The molecular formula is C17H25N7O8. The minimum atomic E-state index is -1.80. The summed E-state index contributed by atoms with van der Waals surface area (Å²) in [6.45, 7) is 1.29. The molecule has 1 heterocycles. The zero-order valence-electron chi connectivity index (χ0n) is 17.0. The zero-order valence-corrected chi connectivity index (χ0v) is 17.0. The number of hydrogen-bond acceptors (Lipinski definition) is 8. The topological polar surface area (TPSA) is 260 Å². The van der Waals surface area contributed by atoms with E-state index in [4.69, 9.17) is 21.7 Å². The van der Waals surface area contributed by atoms with Crippen LogP contribution >= 0.6 is 0 Å². The van der Waals surface area contributed by atoms with Gasteiger partial charge < -0.3 is 42.6 Å². The van der Waals surface area contributed by atoms with E-state index in [0.717, 1.165) is 0 Å². The molecule has 4 atom stereocenters. The molecule has 15 heteroatoms. The maximum Gasteiger partial charge on any atom is 0.326 e. The number of rotatable bonds is 13. The van der Waals surface area contributed by atoms with Crippen LogP contribution in [0.2, 0.25) is 0 Å². The molecule has 0 radical (unpaired) electrons. The Hall–Kier alpha value is -4.01. The number of carbonyl (C=O) groups is 6. The summed E-state index contributed by atoms with van der Waals surface area (Å²) < 4.78 is 0. The largest absolute Gasteiger partial charge is 0.481 e. The maximum absolute atomic E-state index is 12.4. The van der Waals surface area contributed by atoms with Crippen LogP contribution in [0.1, 0.15) is 25.5 Å². The van der Waals surface area contributed by atoms with Gasteiger partial charge in [-0.1, -0.05) is 0 Å². The number of aliphatic carboxylic acids is 2. The van der Waals surface area contributed by atoms with Crippen molar-refractivity contribution in [2.24, 2.45) is 11.5 Å². The van der Waals surface area contributed by atoms with E-state index in [1.807, 2.05) is 5.32 Å². The van der Waals surface area contributed by atoms with Crippen LogP contribution in [0.5, 0.6) is 0 Å². The van der Waals surface area contributed by atoms with Crippen LogP contribution in [0.3, 0.4) is 0 Å². The van der Waals surface area contributed by atoms with Crippen LogP contribution in [0.4, 0.5) is 0 Å². The van der Waals surface area contributed by atoms with Crippen molar-refractivity contribution in [1.82, 2.24) is 25.9 Å². The Bertz CT molecular complexity index is 857. The second-order valence-corrected chi connectivity index (χ2v) is 6.85. The number of aromatic nitrogens is 2. The summed E-state index contributed by atoms with van der Waals surface area (Å²) in [5, 5.41) is 24.2. The minimum absolute atomic E-state index is 0.118. The Morgan fingerprint density at radius 3 is 2.12 bits per heavy atom. The number of primary amides is 1. The molecule has 4 amide bonds. The van der Waals surface area contributed by atoms with Crippen molar-refractivity contribution in [3.05, 3.63) is 18.2 Å². The van der Waals surface area contributed by atoms with Crippen LogP contribution in [0.25, 0.3) is 0 Å². The number of hydrogen-bond donors (Lipinski definition) is 8. The number of carboxylic acids is 2. The third kappa shape index (κ3) is 8.78. The molecule has 32 heavy (non-hydrogen) atoms. The molecule has 0 aromatic carbocycles. The van der Waals surface area contributed by atoms with Gasteiger partial charge in [0.15, 0.2) is 0 Å². The number of H-pyrrole nitrogens is 1. The summed E-state index contributed by atoms with van der Waals surface area (Å²) in [6.07, 6.45) is 1.37. The van der Waals surface area contributed by atoms with Crippen LogP contribution in [-0.4, -0.2) is 79.9 Å². The molecule has 0 saturated carbocycles. The van der Waals surface area contributed by atoms with Gasteiger partial charge >= 0.3 is 11.9 Å². The van der Waals surface area contributed by atoms with E-state index >= 15 is 0 Å². The van der Waals surface area contributed by atoms with Gasteiger partial charge in [-0.05, 0) is 6.92 Å². The number of carbonyl (C=O) groups excluding carboxylic acids is 4. The maximum atomic E-state index is 12.4. The summed E-state index contributed by atoms with van der Waals surface area (Å²) in [6, 6.07) is -5.60. The smallest absolute Gasteiger partial charge is 0.326 e. The molecule has 176 valence electrons. The normalized spacial score (nSPS) is 14.3. The van der Waals surface area contributed by atoms with Crippen molar-refractivity contribution < 1.29 is 39.0 Å². The summed E-state index contributed by atoms with van der Waals surface area (Å²) in [7, 11) is 0. The quantitative estimate of drug-likeness (QED) is 0.144. The molecule has 0 bridgehead atoms. The highest BCUT2D eigenvalue weighted by Gasteiger charge is 2.30.